The number of aliphatic hydroxyl groups is 2. The fraction of sp³-hybridized carbons (Fsp3) is 0.714. The number of aryl methyl sites for hydroxylation is 1. The van der Waals surface area contributed by atoms with Gasteiger partial charge in [0.05, 0.1) is 5.60 Å². The molecule has 1 fully saturated rings. The minimum absolute atomic E-state index is 0.247. The van der Waals surface area contributed by atoms with Gasteiger partial charge >= 0.3 is 0 Å². The fourth-order valence-corrected chi connectivity index (χ4v) is 5.20. The first kappa shape index (κ1) is 17.8. The molecule has 3 rings (SSSR count). The molecule has 3 atom stereocenters. The zero-order valence-corrected chi connectivity index (χ0v) is 14.9. The Kier molecular flexibility index (Phi) is 5.22. The third-order valence-electron chi connectivity index (χ3n) is 6.81. The SMILES string of the molecule is CC[C@@]12CCc3cc(O)ccc3[C@H]1CC(O)(CCCCCO)CC2. The van der Waals surface area contributed by atoms with E-state index in [-0.39, 0.29) is 6.61 Å². The second-order valence-electron chi connectivity index (χ2n) is 8.11. The molecule has 2 aliphatic carbocycles. The number of phenols is 1. The zero-order valence-electron chi connectivity index (χ0n) is 14.9. The molecule has 0 aromatic heterocycles. The monoisotopic (exact) mass is 332 g/mol. The van der Waals surface area contributed by atoms with Crippen LogP contribution in [0.3, 0.4) is 0 Å². The molecule has 0 radical (unpaired) electrons. The Balaban J connectivity index is 1.81. The van der Waals surface area contributed by atoms with Gasteiger partial charge in [-0.15, -0.1) is 0 Å². The summed E-state index contributed by atoms with van der Waals surface area (Å²) in [5.74, 6) is 0.760. The lowest BCUT2D eigenvalue weighted by atomic mass is 9.53. The third kappa shape index (κ3) is 3.34. The van der Waals surface area contributed by atoms with Crippen LogP contribution in [0.5, 0.6) is 5.75 Å². The smallest absolute Gasteiger partial charge is 0.115 e. The predicted molar refractivity (Wildman–Crippen MR) is 96.2 cm³/mol. The lowest BCUT2D eigenvalue weighted by molar-refractivity contribution is -0.0613. The summed E-state index contributed by atoms with van der Waals surface area (Å²) >= 11 is 0. The summed E-state index contributed by atoms with van der Waals surface area (Å²) in [6.45, 7) is 2.54. The van der Waals surface area contributed by atoms with Crippen molar-refractivity contribution in [3.05, 3.63) is 29.3 Å². The molecule has 3 N–H and O–H groups in total. The van der Waals surface area contributed by atoms with Crippen LogP contribution in [0.15, 0.2) is 18.2 Å². The van der Waals surface area contributed by atoms with E-state index in [1.54, 1.807) is 6.07 Å². The van der Waals surface area contributed by atoms with Crippen molar-refractivity contribution in [2.45, 2.75) is 82.7 Å². The summed E-state index contributed by atoms with van der Waals surface area (Å²) in [5.41, 5.74) is 2.38. The van der Waals surface area contributed by atoms with Gasteiger partial charge in [0.25, 0.3) is 0 Å². The van der Waals surface area contributed by atoms with Gasteiger partial charge in [-0.1, -0.05) is 25.8 Å². The highest BCUT2D eigenvalue weighted by Gasteiger charge is 2.49. The van der Waals surface area contributed by atoms with Gasteiger partial charge in [0, 0.05) is 6.61 Å². The lowest BCUT2D eigenvalue weighted by Crippen LogP contribution is -2.46. The van der Waals surface area contributed by atoms with E-state index in [1.807, 2.05) is 6.07 Å². The van der Waals surface area contributed by atoms with E-state index in [0.717, 1.165) is 51.4 Å². The number of aromatic hydroxyl groups is 1. The second kappa shape index (κ2) is 7.05. The average Bonchev–Trinajstić information content (AvgIpc) is 2.59. The Bertz CT molecular complexity index is 570. The Morgan fingerprint density at radius 3 is 2.71 bits per heavy atom. The van der Waals surface area contributed by atoms with Crippen LogP contribution >= 0.6 is 0 Å². The number of rotatable bonds is 6. The largest absolute Gasteiger partial charge is 0.508 e. The molecule has 3 nitrogen and oxygen atoms in total. The summed E-state index contributed by atoms with van der Waals surface area (Å²) in [4.78, 5) is 0. The molecule has 1 aromatic rings. The van der Waals surface area contributed by atoms with Crippen LogP contribution in [0, 0.1) is 5.41 Å². The van der Waals surface area contributed by atoms with E-state index < -0.39 is 5.60 Å². The molecular formula is C21H32O3. The van der Waals surface area contributed by atoms with Crippen molar-refractivity contribution >= 4 is 0 Å². The van der Waals surface area contributed by atoms with Crippen molar-refractivity contribution in [3.8, 4) is 5.75 Å². The van der Waals surface area contributed by atoms with Gasteiger partial charge in [-0.25, -0.2) is 0 Å². The highest BCUT2D eigenvalue weighted by molar-refractivity contribution is 5.41. The molecule has 0 bridgehead atoms. The summed E-state index contributed by atoms with van der Waals surface area (Å²) in [6, 6.07) is 5.82. The van der Waals surface area contributed by atoms with E-state index in [9.17, 15) is 10.2 Å². The molecule has 1 saturated carbocycles. The molecular weight excluding hydrogens is 300 g/mol. The van der Waals surface area contributed by atoms with Crippen molar-refractivity contribution in [3.63, 3.8) is 0 Å². The van der Waals surface area contributed by atoms with Gasteiger partial charge in [-0.2, -0.15) is 0 Å². The number of fused-ring (bicyclic) bond motifs is 3. The molecule has 3 heteroatoms. The number of benzene rings is 1. The maximum Gasteiger partial charge on any atom is 0.115 e. The molecule has 0 aliphatic heterocycles. The molecule has 2 aliphatic rings. The molecule has 0 saturated heterocycles. The fourth-order valence-electron chi connectivity index (χ4n) is 5.20. The third-order valence-corrected chi connectivity index (χ3v) is 6.81. The Morgan fingerprint density at radius 1 is 1.12 bits per heavy atom. The van der Waals surface area contributed by atoms with Crippen molar-refractivity contribution in [2.75, 3.05) is 6.61 Å². The normalized spacial score (nSPS) is 32.2. The summed E-state index contributed by atoms with van der Waals surface area (Å²) in [6.07, 6.45) is 9.90. The quantitative estimate of drug-likeness (QED) is 0.681. The predicted octanol–water partition coefficient (Wildman–Crippen LogP) is 4.29. The first-order valence-electron chi connectivity index (χ1n) is 9.67. The second-order valence-corrected chi connectivity index (χ2v) is 8.11. The molecule has 1 unspecified atom stereocenters. The van der Waals surface area contributed by atoms with Crippen LogP contribution < -0.4 is 0 Å². The minimum Gasteiger partial charge on any atom is -0.508 e. The number of phenolic OH excluding ortho intramolecular Hbond substituents is 1. The first-order chi connectivity index (χ1) is 11.5. The van der Waals surface area contributed by atoms with E-state index in [1.165, 1.54) is 24.0 Å². The van der Waals surface area contributed by atoms with Gasteiger partial charge in [0.15, 0.2) is 0 Å². The van der Waals surface area contributed by atoms with Crippen LogP contribution in [0.4, 0.5) is 0 Å². The Labute approximate surface area is 145 Å². The average molecular weight is 332 g/mol. The van der Waals surface area contributed by atoms with Crippen LogP contribution in [0.25, 0.3) is 0 Å². The Morgan fingerprint density at radius 2 is 1.96 bits per heavy atom. The summed E-state index contributed by atoms with van der Waals surface area (Å²) < 4.78 is 0. The lowest BCUT2D eigenvalue weighted by Gasteiger charge is -2.53. The van der Waals surface area contributed by atoms with E-state index in [2.05, 4.69) is 13.0 Å². The Hall–Kier alpha value is -1.06. The molecule has 1 aromatic carbocycles. The molecule has 134 valence electrons. The van der Waals surface area contributed by atoms with Crippen LogP contribution in [-0.4, -0.2) is 27.5 Å². The minimum atomic E-state index is -0.564. The topological polar surface area (TPSA) is 60.7 Å². The standard InChI is InChI=1S/C21H32O3/c1-2-20-10-8-16-14-17(23)6-7-18(16)19(20)15-21(24,12-11-20)9-4-3-5-13-22/h6-7,14,19,22-24H,2-5,8-13,15H2,1H3/t19-,20+,21?/m1/s1. The maximum absolute atomic E-state index is 11.2. The molecule has 0 heterocycles. The van der Waals surface area contributed by atoms with Crippen molar-refractivity contribution in [1.29, 1.82) is 0 Å². The number of hydrogen-bond acceptors (Lipinski definition) is 3. The highest BCUT2D eigenvalue weighted by atomic mass is 16.3. The number of unbranched alkanes of at least 4 members (excludes halogenated alkanes) is 2. The molecule has 0 amide bonds. The van der Waals surface area contributed by atoms with Crippen molar-refractivity contribution < 1.29 is 15.3 Å². The molecule has 0 spiro atoms. The van der Waals surface area contributed by atoms with E-state index in [4.69, 9.17) is 5.11 Å². The number of aliphatic hydroxyl groups excluding tert-OH is 1. The van der Waals surface area contributed by atoms with E-state index in [0.29, 0.717) is 17.1 Å². The van der Waals surface area contributed by atoms with Crippen LogP contribution in [0.2, 0.25) is 0 Å². The summed E-state index contributed by atoms with van der Waals surface area (Å²) in [5, 5.41) is 29.9. The van der Waals surface area contributed by atoms with Gasteiger partial charge in [0.1, 0.15) is 5.75 Å². The maximum atomic E-state index is 11.2. The van der Waals surface area contributed by atoms with E-state index >= 15 is 0 Å². The highest BCUT2D eigenvalue weighted by Crippen LogP contribution is 2.58. The van der Waals surface area contributed by atoms with Gasteiger partial charge in [-0.3, -0.25) is 0 Å². The van der Waals surface area contributed by atoms with Gasteiger partial charge in [0.2, 0.25) is 0 Å². The summed E-state index contributed by atoms with van der Waals surface area (Å²) in [7, 11) is 0. The van der Waals surface area contributed by atoms with Crippen molar-refractivity contribution in [2.24, 2.45) is 5.41 Å². The van der Waals surface area contributed by atoms with Crippen LogP contribution in [-0.2, 0) is 6.42 Å². The number of hydrogen-bond donors (Lipinski definition) is 3. The first-order valence-corrected chi connectivity index (χ1v) is 9.67. The van der Waals surface area contributed by atoms with Crippen LogP contribution in [0.1, 0.15) is 81.8 Å². The zero-order chi connectivity index (χ0) is 17.2. The van der Waals surface area contributed by atoms with Crippen molar-refractivity contribution in [1.82, 2.24) is 0 Å². The van der Waals surface area contributed by atoms with Gasteiger partial charge < -0.3 is 15.3 Å². The van der Waals surface area contributed by atoms with Gasteiger partial charge in [-0.05, 0) is 86.0 Å². The molecule has 24 heavy (non-hydrogen) atoms.